The monoisotopic (exact) mass is 246 g/mol. The van der Waals surface area contributed by atoms with Gasteiger partial charge in [0.05, 0.1) is 0 Å². The molecule has 0 amide bonds. The summed E-state index contributed by atoms with van der Waals surface area (Å²) in [6.07, 6.45) is 2.52. The molecule has 1 aliphatic heterocycles. The van der Waals surface area contributed by atoms with Crippen molar-refractivity contribution in [3.05, 3.63) is 35.9 Å². The van der Waals surface area contributed by atoms with Gasteiger partial charge in [-0.25, -0.2) is 0 Å². The van der Waals surface area contributed by atoms with Gasteiger partial charge < -0.3 is 5.32 Å². The van der Waals surface area contributed by atoms with Crippen molar-refractivity contribution >= 4 is 0 Å². The van der Waals surface area contributed by atoms with Crippen LogP contribution in [-0.2, 0) is 6.54 Å². The highest BCUT2D eigenvalue weighted by Gasteiger charge is 2.17. The van der Waals surface area contributed by atoms with Crippen molar-refractivity contribution < 1.29 is 0 Å². The molecule has 1 heterocycles. The van der Waals surface area contributed by atoms with Crippen LogP contribution < -0.4 is 5.32 Å². The lowest BCUT2D eigenvalue weighted by Crippen LogP contribution is -2.43. The van der Waals surface area contributed by atoms with Gasteiger partial charge in [-0.15, -0.1) is 0 Å². The molecule has 2 heteroatoms. The topological polar surface area (TPSA) is 15.3 Å². The van der Waals surface area contributed by atoms with Crippen molar-refractivity contribution in [3.63, 3.8) is 0 Å². The lowest BCUT2D eigenvalue weighted by molar-refractivity contribution is 0.190. The molecule has 2 atom stereocenters. The van der Waals surface area contributed by atoms with Crippen molar-refractivity contribution in [1.82, 2.24) is 10.2 Å². The Morgan fingerprint density at radius 1 is 1.28 bits per heavy atom. The molecule has 1 aliphatic rings. The quantitative estimate of drug-likeness (QED) is 0.882. The first-order chi connectivity index (χ1) is 8.78. The van der Waals surface area contributed by atoms with Gasteiger partial charge in [0.15, 0.2) is 0 Å². The molecule has 100 valence electrons. The molecule has 1 saturated heterocycles. The van der Waals surface area contributed by atoms with Gasteiger partial charge in [0.1, 0.15) is 0 Å². The molecule has 0 spiro atoms. The third kappa shape index (κ3) is 4.11. The Morgan fingerprint density at radius 3 is 2.78 bits per heavy atom. The predicted octanol–water partition coefficient (Wildman–Crippen LogP) is 2.90. The van der Waals surface area contributed by atoms with E-state index in [2.05, 4.69) is 54.4 Å². The van der Waals surface area contributed by atoms with Crippen LogP contribution >= 0.6 is 0 Å². The fourth-order valence-electron chi connectivity index (χ4n) is 2.74. The molecule has 0 aliphatic carbocycles. The molecule has 1 N–H and O–H groups in total. The summed E-state index contributed by atoms with van der Waals surface area (Å²) >= 11 is 0. The molecule has 2 rings (SSSR count). The zero-order valence-electron chi connectivity index (χ0n) is 11.7. The molecular weight excluding hydrogens is 220 g/mol. The maximum absolute atomic E-state index is 3.68. The Balaban J connectivity index is 1.93. The maximum Gasteiger partial charge on any atom is 0.0233 e. The van der Waals surface area contributed by atoms with Crippen molar-refractivity contribution in [3.8, 4) is 0 Å². The fourth-order valence-corrected chi connectivity index (χ4v) is 2.74. The highest BCUT2D eigenvalue weighted by atomic mass is 15.1. The highest BCUT2D eigenvalue weighted by Crippen LogP contribution is 2.12. The summed E-state index contributed by atoms with van der Waals surface area (Å²) < 4.78 is 0. The van der Waals surface area contributed by atoms with Crippen molar-refractivity contribution in [2.24, 2.45) is 5.92 Å². The molecule has 2 nitrogen and oxygen atoms in total. The van der Waals surface area contributed by atoms with Crippen LogP contribution in [0, 0.1) is 5.92 Å². The minimum atomic E-state index is 0.700. The SMILES string of the molecule is CCC1CCN(Cc2ccccc2)CC(C)CN1. The second-order valence-electron chi connectivity index (χ2n) is 5.63. The summed E-state index contributed by atoms with van der Waals surface area (Å²) in [5.74, 6) is 0.739. The molecule has 0 radical (unpaired) electrons. The van der Waals surface area contributed by atoms with Crippen LogP contribution in [0.5, 0.6) is 0 Å². The van der Waals surface area contributed by atoms with Crippen LogP contribution in [0.1, 0.15) is 32.3 Å². The first kappa shape index (κ1) is 13.6. The summed E-state index contributed by atoms with van der Waals surface area (Å²) in [4.78, 5) is 2.61. The van der Waals surface area contributed by atoms with E-state index in [9.17, 15) is 0 Å². The third-order valence-corrected chi connectivity index (χ3v) is 3.86. The highest BCUT2D eigenvalue weighted by molar-refractivity contribution is 5.14. The largest absolute Gasteiger partial charge is 0.314 e. The number of hydrogen-bond donors (Lipinski definition) is 1. The molecular formula is C16H26N2. The third-order valence-electron chi connectivity index (χ3n) is 3.86. The summed E-state index contributed by atoms with van der Waals surface area (Å²) in [6, 6.07) is 11.5. The van der Waals surface area contributed by atoms with Crippen molar-refractivity contribution in [2.45, 2.75) is 39.3 Å². The maximum atomic E-state index is 3.68. The van der Waals surface area contributed by atoms with Crippen molar-refractivity contribution in [2.75, 3.05) is 19.6 Å². The summed E-state index contributed by atoms with van der Waals surface area (Å²) in [6.45, 7) is 9.31. The van der Waals surface area contributed by atoms with E-state index < -0.39 is 0 Å². The van der Waals surface area contributed by atoms with E-state index in [-0.39, 0.29) is 0 Å². The lowest BCUT2D eigenvalue weighted by atomic mass is 10.0. The van der Waals surface area contributed by atoms with Crippen LogP contribution in [0.3, 0.4) is 0 Å². The normalized spacial score (nSPS) is 26.6. The minimum absolute atomic E-state index is 0.700. The van der Waals surface area contributed by atoms with Crippen LogP contribution in [0.4, 0.5) is 0 Å². The first-order valence-corrected chi connectivity index (χ1v) is 7.27. The van der Waals surface area contributed by atoms with E-state index >= 15 is 0 Å². The number of hydrogen-bond acceptors (Lipinski definition) is 2. The molecule has 18 heavy (non-hydrogen) atoms. The molecule has 1 fully saturated rings. The Morgan fingerprint density at radius 2 is 2.06 bits per heavy atom. The second kappa shape index (κ2) is 6.91. The predicted molar refractivity (Wildman–Crippen MR) is 77.6 cm³/mol. The van der Waals surface area contributed by atoms with Gasteiger partial charge >= 0.3 is 0 Å². The van der Waals surface area contributed by atoms with Gasteiger partial charge in [0.2, 0.25) is 0 Å². The first-order valence-electron chi connectivity index (χ1n) is 7.27. The summed E-state index contributed by atoms with van der Waals surface area (Å²) in [5.41, 5.74) is 1.44. The second-order valence-corrected chi connectivity index (χ2v) is 5.63. The molecule has 1 aromatic rings. The minimum Gasteiger partial charge on any atom is -0.314 e. The van der Waals surface area contributed by atoms with E-state index in [1.54, 1.807) is 0 Å². The summed E-state index contributed by atoms with van der Waals surface area (Å²) in [5, 5.41) is 3.68. The van der Waals surface area contributed by atoms with Gasteiger partial charge in [-0.2, -0.15) is 0 Å². The van der Waals surface area contributed by atoms with Gasteiger partial charge in [-0.3, -0.25) is 4.90 Å². The summed E-state index contributed by atoms with van der Waals surface area (Å²) in [7, 11) is 0. The number of rotatable bonds is 3. The van der Waals surface area contributed by atoms with Crippen LogP contribution in [-0.4, -0.2) is 30.6 Å². The van der Waals surface area contributed by atoms with Gasteiger partial charge in [0.25, 0.3) is 0 Å². The molecule has 1 aromatic carbocycles. The Labute approximate surface area is 111 Å². The van der Waals surface area contributed by atoms with Gasteiger partial charge in [-0.05, 0) is 37.4 Å². The van der Waals surface area contributed by atoms with E-state index in [1.165, 1.54) is 31.5 Å². The Kier molecular flexibility index (Phi) is 5.21. The molecule has 0 aromatic heterocycles. The Hall–Kier alpha value is -0.860. The van der Waals surface area contributed by atoms with E-state index in [4.69, 9.17) is 0 Å². The van der Waals surface area contributed by atoms with Crippen LogP contribution in [0.25, 0.3) is 0 Å². The van der Waals surface area contributed by atoms with Crippen molar-refractivity contribution in [1.29, 1.82) is 0 Å². The standard InChI is InChI=1S/C16H26N2/c1-3-16-9-10-18(12-14(2)11-17-16)13-15-7-5-4-6-8-15/h4-8,14,16-17H,3,9-13H2,1-2H3. The Bertz CT molecular complexity index is 336. The molecule has 0 saturated carbocycles. The zero-order chi connectivity index (χ0) is 12.8. The molecule has 0 bridgehead atoms. The van der Waals surface area contributed by atoms with E-state index in [0.717, 1.165) is 19.0 Å². The average Bonchev–Trinajstić information content (AvgIpc) is 2.37. The van der Waals surface area contributed by atoms with Crippen LogP contribution in [0.15, 0.2) is 30.3 Å². The number of nitrogens with one attached hydrogen (secondary N) is 1. The number of nitrogens with zero attached hydrogens (tertiary/aromatic N) is 1. The smallest absolute Gasteiger partial charge is 0.0233 e. The van der Waals surface area contributed by atoms with Gasteiger partial charge in [-0.1, -0.05) is 44.2 Å². The number of benzene rings is 1. The van der Waals surface area contributed by atoms with Crippen LogP contribution in [0.2, 0.25) is 0 Å². The lowest BCUT2D eigenvalue weighted by Gasteiger charge is -2.32. The van der Waals surface area contributed by atoms with Gasteiger partial charge in [0, 0.05) is 19.1 Å². The van der Waals surface area contributed by atoms with E-state index in [1.807, 2.05) is 0 Å². The molecule has 2 unspecified atom stereocenters. The average molecular weight is 246 g/mol. The zero-order valence-corrected chi connectivity index (χ0v) is 11.7. The fraction of sp³-hybridized carbons (Fsp3) is 0.625. The van der Waals surface area contributed by atoms with E-state index in [0.29, 0.717) is 6.04 Å².